The molecule has 3 rings (SSSR count). The van der Waals surface area contributed by atoms with E-state index in [1.807, 2.05) is 6.07 Å². The molecule has 2 aromatic rings. The SMILES string of the molecule is COC(=O)c1cc2c(NC(=O)CC(=O)C3CC3)cccc2s1. The monoisotopic (exact) mass is 317 g/mol. The summed E-state index contributed by atoms with van der Waals surface area (Å²) in [4.78, 5) is 35.7. The highest BCUT2D eigenvalue weighted by molar-refractivity contribution is 7.20. The van der Waals surface area contributed by atoms with Gasteiger partial charge in [0.1, 0.15) is 10.7 Å². The number of hydrogen-bond donors (Lipinski definition) is 1. The van der Waals surface area contributed by atoms with Crippen molar-refractivity contribution < 1.29 is 19.1 Å². The number of ketones is 1. The largest absolute Gasteiger partial charge is 0.465 e. The van der Waals surface area contributed by atoms with Crippen molar-refractivity contribution in [3.8, 4) is 0 Å². The minimum atomic E-state index is -0.401. The number of carbonyl (C=O) groups excluding carboxylic acids is 3. The van der Waals surface area contributed by atoms with Gasteiger partial charge >= 0.3 is 5.97 Å². The predicted molar refractivity (Wildman–Crippen MR) is 84.1 cm³/mol. The topological polar surface area (TPSA) is 72.5 Å². The number of nitrogens with one attached hydrogen (secondary N) is 1. The fourth-order valence-corrected chi connectivity index (χ4v) is 3.28. The Labute approximate surface area is 131 Å². The van der Waals surface area contributed by atoms with Crippen molar-refractivity contribution in [1.29, 1.82) is 0 Å². The van der Waals surface area contributed by atoms with Crippen LogP contribution in [0.4, 0.5) is 5.69 Å². The molecule has 1 aromatic carbocycles. The summed E-state index contributed by atoms with van der Waals surface area (Å²) in [7, 11) is 1.33. The van der Waals surface area contributed by atoms with E-state index < -0.39 is 5.97 Å². The lowest BCUT2D eigenvalue weighted by Gasteiger charge is -2.05. The highest BCUT2D eigenvalue weighted by atomic mass is 32.1. The van der Waals surface area contributed by atoms with E-state index in [-0.39, 0.29) is 24.0 Å². The number of rotatable bonds is 5. The number of carbonyl (C=O) groups is 3. The standard InChI is InChI=1S/C16H15NO4S/c1-21-16(20)14-7-10-11(3-2-4-13(10)22-14)17-15(19)8-12(18)9-5-6-9/h2-4,7,9H,5-6,8H2,1H3,(H,17,19). The third-order valence-electron chi connectivity index (χ3n) is 3.59. The average Bonchev–Trinajstić information content (AvgIpc) is 3.25. The molecule has 1 saturated carbocycles. The minimum Gasteiger partial charge on any atom is -0.465 e. The van der Waals surface area contributed by atoms with Crippen molar-refractivity contribution in [2.24, 2.45) is 5.92 Å². The summed E-state index contributed by atoms with van der Waals surface area (Å²) in [6.07, 6.45) is 1.71. The maximum absolute atomic E-state index is 12.0. The summed E-state index contributed by atoms with van der Waals surface area (Å²) in [6.45, 7) is 0. The molecule has 0 aliphatic heterocycles. The summed E-state index contributed by atoms with van der Waals surface area (Å²) in [5.41, 5.74) is 0.609. The van der Waals surface area contributed by atoms with Crippen molar-refractivity contribution in [1.82, 2.24) is 0 Å². The summed E-state index contributed by atoms with van der Waals surface area (Å²) >= 11 is 1.31. The van der Waals surface area contributed by atoms with Gasteiger partial charge in [0.25, 0.3) is 0 Å². The van der Waals surface area contributed by atoms with E-state index in [0.29, 0.717) is 10.6 Å². The van der Waals surface area contributed by atoms with Crippen molar-refractivity contribution in [3.63, 3.8) is 0 Å². The Morgan fingerprint density at radius 1 is 1.32 bits per heavy atom. The molecule has 1 fully saturated rings. The summed E-state index contributed by atoms with van der Waals surface area (Å²) < 4.78 is 5.59. The van der Waals surface area contributed by atoms with E-state index in [2.05, 4.69) is 5.32 Å². The Hall–Kier alpha value is -2.21. The molecule has 0 atom stereocenters. The van der Waals surface area contributed by atoms with E-state index in [1.54, 1.807) is 18.2 Å². The Kier molecular flexibility index (Phi) is 3.94. The van der Waals surface area contributed by atoms with Gasteiger partial charge < -0.3 is 10.1 Å². The summed E-state index contributed by atoms with van der Waals surface area (Å²) in [5, 5.41) is 3.54. The quantitative estimate of drug-likeness (QED) is 0.679. The first kappa shape index (κ1) is 14.7. The Balaban J connectivity index is 1.80. The zero-order chi connectivity index (χ0) is 15.7. The van der Waals surface area contributed by atoms with Crippen LogP contribution >= 0.6 is 11.3 Å². The van der Waals surface area contributed by atoms with Gasteiger partial charge in [-0.1, -0.05) is 6.07 Å². The van der Waals surface area contributed by atoms with Crippen molar-refractivity contribution >= 4 is 44.8 Å². The number of methoxy groups -OCH3 is 1. The lowest BCUT2D eigenvalue weighted by Crippen LogP contribution is -2.17. The molecule has 1 N–H and O–H groups in total. The fraction of sp³-hybridized carbons (Fsp3) is 0.312. The van der Waals surface area contributed by atoms with E-state index in [1.165, 1.54) is 18.4 Å². The molecule has 0 spiro atoms. The molecular formula is C16H15NO4S. The van der Waals surface area contributed by atoms with Gasteiger partial charge in [0, 0.05) is 21.7 Å². The van der Waals surface area contributed by atoms with Crippen molar-refractivity contribution in [2.45, 2.75) is 19.3 Å². The van der Waals surface area contributed by atoms with Crippen LogP contribution in [0.15, 0.2) is 24.3 Å². The smallest absolute Gasteiger partial charge is 0.348 e. The van der Waals surface area contributed by atoms with Gasteiger partial charge in [0.05, 0.1) is 13.5 Å². The van der Waals surface area contributed by atoms with E-state index in [4.69, 9.17) is 4.74 Å². The molecule has 0 radical (unpaired) electrons. The van der Waals surface area contributed by atoms with Gasteiger partial charge in [-0.3, -0.25) is 9.59 Å². The maximum Gasteiger partial charge on any atom is 0.348 e. The zero-order valence-corrected chi connectivity index (χ0v) is 12.9. The van der Waals surface area contributed by atoms with Gasteiger partial charge in [0.2, 0.25) is 5.91 Å². The van der Waals surface area contributed by atoms with Crippen LogP contribution in [0.1, 0.15) is 28.9 Å². The molecule has 1 aliphatic rings. The molecular weight excluding hydrogens is 302 g/mol. The van der Waals surface area contributed by atoms with Gasteiger partial charge in [-0.05, 0) is 31.0 Å². The number of anilines is 1. The molecule has 22 heavy (non-hydrogen) atoms. The van der Waals surface area contributed by atoms with Crippen LogP contribution in [0.25, 0.3) is 10.1 Å². The second-order valence-electron chi connectivity index (χ2n) is 5.29. The molecule has 114 valence electrons. The highest BCUT2D eigenvalue weighted by Gasteiger charge is 2.30. The van der Waals surface area contributed by atoms with Crippen LogP contribution in [0, 0.1) is 5.92 Å². The molecule has 6 heteroatoms. The summed E-state index contributed by atoms with van der Waals surface area (Å²) in [5.74, 6) is -0.628. The summed E-state index contributed by atoms with van der Waals surface area (Å²) in [6, 6.07) is 7.13. The highest BCUT2D eigenvalue weighted by Crippen LogP contribution is 2.33. The van der Waals surface area contributed by atoms with Crippen LogP contribution in [0.2, 0.25) is 0 Å². The van der Waals surface area contributed by atoms with Crippen LogP contribution in [-0.2, 0) is 14.3 Å². The van der Waals surface area contributed by atoms with Gasteiger partial charge in [-0.25, -0.2) is 4.79 Å². The second-order valence-corrected chi connectivity index (χ2v) is 6.37. The van der Waals surface area contributed by atoms with Gasteiger partial charge in [0.15, 0.2) is 0 Å². The molecule has 1 aliphatic carbocycles. The Morgan fingerprint density at radius 3 is 2.77 bits per heavy atom. The predicted octanol–water partition coefficient (Wildman–Crippen LogP) is 3.00. The second kappa shape index (κ2) is 5.88. The van der Waals surface area contributed by atoms with Crippen LogP contribution in [0.3, 0.4) is 0 Å². The number of esters is 1. The lowest BCUT2D eigenvalue weighted by atomic mass is 10.1. The molecule has 0 saturated heterocycles. The maximum atomic E-state index is 12.0. The first-order chi connectivity index (χ1) is 10.6. The number of amides is 1. The average molecular weight is 317 g/mol. The van der Waals surface area contributed by atoms with Crippen LogP contribution in [0.5, 0.6) is 0 Å². The third-order valence-corrected chi connectivity index (χ3v) is 4.67. The number of thiophene rings is 1. The first-order valence-corrected chi connectivity index (χ1v) is 7.83. The Morgan fingerprint density at radius 2 is 2.09 bits per heavy atom. The third kappa shape index (κ3) is 3.01. The number of benzene rings is 1. The fourth-order valence-electron chi connectivity index (χ4n) is 2.27. The lowest BCUT2D eigenvalue weighted by molar-refractivity contribution is -0.126. The number of fused-ring (bicyclic) bond motifs is 1. The van der Waals surface area contributed by atoms with E-state index >= 15 is 0 Å². The molecule has 0 bridgehead atoms. The molecule has 1 heterocycles. The number of hydrogen-bond acceptors (Lipinski definition) is 5. The Bertz CT molecular complexity index is 761. The van der Waals surface area contributed by atoms with E-state index in [0.717, 1.165) is 22.9 Å². The minimum absolute atomic E-state index is 0.00486. The van der Waals surface area contributed by atoms with Gasteiger partial charge in [-0.15, -0.1) is 11.3 Å². The molecule has 1 aromatic heterocycles. The van der Waals surface area contributed by atoms with Crippen LogP contribution < -0.4 is 5.32 Å². The normalized spacial score (nSPS) is 13.9. The van der Waals surface area contributed by atoms with Crippen molar-refractivity contribution in [2.75, 3.05) is 12.4 Å². The number of Topliss-reactive ketones (excluding diaryl/α,β-unsaturated/α-hetero) is 1. The van der Waals surface area contributed by atoms with Crippen LogP contribution in [-0.4, -0.2) is 24.8 Å². The molecule has 5 nitrogen and oxygen atoms in total. The molecule has 1 amide bonds. The first-order valence-electron chi connectivity index (χ1n) is 7.02. The van der Waals surface area contributed by atoms with E-state index in [9.17, 15) is 14.4 Å². The van der Waals surface area contributed by atoms with Crippen molar-refractivity contribution in [3.05, 3.63) is 29.1 Å². The number of ether oxygens (including phenoxy) is 1. The van der Waals surface area contributed by atoms with Gasteiger partial charge in [-0.2, -0.15) is 0 Å². The molecule has 0 unspecified atom stereocenters. The zero-order valence-electron chi connectivity index (χ0n) is 12.0.